The van der Waals surface area contributed by atoms with Crippen LogP contribution in [0.15, 0.2) is 24.3 Å². The van der Waals surface area contributed by atoms with Gasteiger partial charge in [-0.05, 0) is 63.3 Å². The van der Waals surface area contributed by atoms with E-state index in [0.717, 1.165) is 24.0 Å². The number of hydrogen-bond acceptors (Lipinski definition) is 2. The zero-order valence-corrected chi connectivity index (χ0v) is 13.3. The maximum atomic E-state index is 12.3. The zero-order chi connectivity index (χ0) is 15.3. The molecule has 1 aromatic heterocycles. The van der Waals surface area contributed by atoms with Gasteiger partial charge in [0.15, 0.2) is 5.78 Å². The molecule has 0 saturated heterocycles. The molecule has 0 atom stereocenters. The molecule has 3 heteroatoms. The second kappa shape index (κ2) is 5.01. The molecule has 2 aliphatic carbocycles. The van der Waals surface area contributed by atoms with Crippen LogP contribution in [-0.2, 0) is 6.42 Å². The van der Waals surface area contributed by atoms with Gasteiger partial charge in [0.2, 0.25) is 0 Å². The second-order valence-corrected chi connectivity index (χ2v) is 6.61. The summed E-state index contributed by atoms with van der Waals surface area (Å²) in [5, 5.41) is 3.56. The maximum absolute atomic E-state index is 12.3. The molecular weight excluding hydrogens is 272 g/mol. The van der Waals surface area contributed by atoms with Gasteiger partial charge in [-0.1, -0.05) is 6.07 Å². The molecule has 1 heterocycles. The number of hydrogen-bond donors (Lipinski definition) is 1. The van der Waals surface area contributed by atoms with Crippen LogP contribution in [0.25, 0.3) is 5.69 Å². The number of ketones is 1. The van der Waals surface area contributed by atoms with Gasteiger partial charge in [0.25, 0.3) is 0 Å². The van der Waals surface area contributed by atoms with Crippen LogP contribution in [0, 0.1) is 13.8 Å². The van der Waals surface area contributed by atoms with Crippen molar-refractivity contribution in [1.29, 1.82) is 0 Å². The molecular formula is C19H22N2O. The lowest BCUT2D eigenvalue weighted by molar-refractivity contribution is 0.0971. The van der Waals surface area contributed by atoms with E-state index in [0.29, 0.717) is 18.2 Å². The minimum Gasteiger partial charge on any atom is -0.382 e. The summed E-state index contributed by atoms with van der Waals surface area (Å²) in [7, 11) is 0. The zero-order valence-electron chi connectivity index (χ0n) is 13.3. The summed E-state index contributed by atoms with van der Waals surface area (Å²) < 4.78 is 2.29. The number of Topliss-reactive ketones (excluding diaryl/α,β-unsaturated/α-hetero) is 1. The second-order valence-electron chi connectivity index (χ2n) is 6.61. The lowest BCUT2D eigenvalue weighted by Crippen LogP contribution is -2.13. The first kappa shape index (κ1) is 13.6. The number of anilines is 1. The van der Waals surface area contributed by atoms with E-state index in [2.05, 4.69) is 48.0 Å². The Morgan fingerprint density at radius 2 is 2.00 bits per heavy atom. The molecule has 22 heavy (non-hydrogen) atoms. The fourth-order valence-corrected chi connectivity index (χ4v) is 3.58. The van der Waals surface area contributed by atoms with Gasteiger partial charge in [-0.25, -0.2) is 0 Å². The molecule has 1 aromatic carbocycles. The van der Waals surface area contributed by atoms with E-state index in [-0.39, 0.29) is 0 Å². The van der Waals surface area contributed by atoms with Crippen molar-refractivity contribution in [1.82, 2.24) is 4.57 Å². The lowest BCUT2D eigenvalue weighted by atomic mass is 9.94. The number of carbonyl (C=O) groups is 1. The number of carbonyl (C=O) groups excluding carboxylic acids is 1. The Labute approximate surface area is 131 Å². The predicted molar refractivity (Wildman–Crippen MR) is 89.2 cm³/mol. The normalized spacial score (nSPS) is 17.5. The molecule has 0 bridgehead atoms. The Morgan fingerprint density at radius 3 is 2.77 bits per heavy atom. The van der Waals surface area contributed by atoms with Crippen molar-refractivity contribution in [2.24, 2.45) is 0 Å². The van der Waals surface area contributed by atoms with Gasteiger partial charge in [-0.3, -0.25) is 4.79 Å². The minimum absolute atomic E-state index is 0.313. The molecule has 0 spiro atoms. The molecule has 0 radical (unpaired) electrons. The van der Waals surface area contributed by atoms with Crippen LogP contribution in [0.1, 0.15) is 53.0 Å². The van der Waals surface area contributed by atoms with Crippen molar-refractivity contribution in [3.63, 3.8) is 0 Å². The van der Waals surface area contributed by atoms with Crippen molar-refractivity contribution in [2.75, 3.05) is 5.32 Å². The van der Waals surface area contributed by atoms with E-state index < -0.39 is 0 Å². The summed E-state index contributed by atoms with van der Waals surface area (Å²) in [5.74, 6) is 0.313. The van der Waals surface area contributed by atoms with Gasteiger partial charge >= 0.3 is 0 Å². The number of benzene rings is 1. The van der Waals surface area contributed by atoms with Crippen molar-refractivity contribution < 1.29 is 4.79 Å². The standard InChI is InChI=1S/C19H22N2O/c1-12-13(2)21(17-7-4-8-18(22)19(12)17)16-6-3-5-15(11-16)20-14-9-10-14/h3,5-6,11,14,20H,4,7-10H2,1-2H3. The first-order valence-corrected chi connectivity index (χ1v) is 8.26. The molecule has 3 nitrogen and oxygen atoms in total. The van der Waals surface area contributed by atoms with Crippen LogP contribution in [0.5, 0.6) is 0 Å². The van der Waals surface area contributed by atoms with Crippen LogP contribution in [0.4, 0.5) is 5.69 Å². The average molecular weight is 294 g/mol. The van der Waals surface area contributed by atoms with Gasteiger partial charge in [-0.15, -0.1) is 0 Å². The fraction of sp³-hybridized carbons (Fsp3) is 0.421. The van der Waals surface area contributed by atoms with Gasteiger partial charge < -0.3 is 9.88 Å². The molecule has 0 aliphatic heterocycles. The van der Waals surface area contributed by atoms with E-state index in [1.54, 1.807) is 0 Å². The van der Waals surface area contributed by atoms with E-state index >= 15 is 0 Å². The van der Waals surface area contributed by atoms with Gasteiger partial charge in [0.1, 0.15) is 0 Å². The van der Waals surface area contributed by atoms with Crippen LogP contribution >= 0.6 is 0 Å². The van der Waals surface area contributed by atoms with Gasteiger partial charge in [0, 0.05) is 40.8 Å². The van der Waals surface area contributed by atoms with Crippen LogP contribution < -0.4 is 5.32 Å². The third-order valence-electron chi connectivity index (χ3n) is 4.96. The Kier molecular flexibility index (Phi) is 3.10. The van der Waals surface area contributed by atoms with Crippen molar-refractivity contribution in [2.45, 2.75) is 52.0 Å². The topological polar surface area (TPSA) is 34.0 Å². The molecule has 0 amide bonds. The average Bonchev–Trinajstić information content (AvgIpc) is 3.27. The molecule has 1 saturated carbocycles. The van der Waals surface area contributed by atoms with E-state index in [1.165, 1.54) is 35.6 Å². The predicted octanol–water partition coefficient (Wildman–Crippen LogP) is 4.19. The van der Waals surface area contributed by atoms with Crippen LogP contribution in [-0.4, -0.2) is 16.4 Å². The van der Waals surface area contributed by atoms with Crippen molar-refractivity contribution in [3.8, 4) is 5.69 Å². The Bertz CT molecular complexity index is 753. The minimum atomic E-state index is 0.313. The van der Waals surface area contributed by atoms with E-state index in [1.807, 2.05) is 0 Å². The number of nitrogens with one attached hydrogen (secondary N) is 1. The number of nitrogens with zero attached hydrogens (tertiary/aromatic N) is 1. The monoisotopic (exact) mass is 294 g/mol. The molecule has 114 valence electrons. The summed E-state index contributed by atoms with van der Waals surface area (Å²) in [6.45, 7) is 4.21. The third kappa shape index (κ3) is 2.16. The smallest absolute Gasteiger partial charge is 0.164 e. The molecule has 1 fully saturated rings. The molecule has 2 aliphatic rings. The van der Waals surface area contributed by atoms with Crippen molar-refractivity contribution >= 4 is 11.5 Å². The Hall–Kier alpha value is -2.03. The summed E-state index contributed by atoms with van der Waals surface area (Å²) in [5.41, 5.74) is 6.88. The highest BCUT2D eigenvalue weighted by Crippen LogP contribution is 2.33. The Balaban J connectivity index is 1.82. The van der Waals surface area contributed by atoms with Gasteiger partial charge in [-0.2, -0.15) is 0 Å². The number of fused-ring (bicyclic) bond motifs is 1. The fourth-order valence-electron chi connectivity index (χ4n) is 3.58. The summed E-state index contributed by atoms with van der Waals surface area (Å²) in [4.78, 5) is 12.3. The van der Waals surface area contributed by atoms with Crippen molar-refractivity contribution in [3.05, 3.63) is 46.8 Å². The third-order valence-corrected chi connectivity index (χ3v) is 4.96. The van der Waals surface area contributed by atoms with Crippen LogP contribution in [0.2, 0.25) is 0 Å². The first-order chi connectivity index (χ1) is 10.6. The highest BCUT2D eigenvalue weighted by atomic mass is 16.1. The summed E-state index contributed by atoms with van der Waals surface area (Å²) in [6.07, 6.45) is 5.21. The highest BCUT2D eigenvalue weighted by molar-refractivity contribution is 6.00. The molecule has 1 N–H and O–H groups in total. The largest absolute Gasteiger partial charge is 0.382 e. The summed E-state index contributed by atoms with van der Waals surface area (Å²) >= 11 is 0. The highest BCUT2D eigenvalue weighted by Gasteiger charge is 2.27. The first-order valence-electron chi connectivity index (χ1n) is 8.26. The Morgan fingerprint density at radius 1 is 1.18 bits per heavy atom. The molecule has 2 aromatic rings. The van der Waals surface area contributed by atoms with E-state index in [9.17, 15) is 4.79 Å². The quantitative estimate of drug-likeness (QED) is 0.921. The lowest BCUT2D eigenvalue weighted by Gasteiger charge is -2.17. The maximum Gasteiger partial charge on any atom is 0.164 e. The van der Waals surface area contributed by atoms with Gasteiger partial charge in [0.05, 0.1) is 0 Å². The molecule has 4 rings (SSSR count). The van der Waals surface area contributed by atoms with E-state index in [4.69, 9.17) is 0 Å². The summed E-state index contributed by atoms with van der Waals surface area (Å²) in [6, 6.07) is 9.24. The molecule has 0 unspecified atom stereocenters. The SMILES string of the molecule is Cc1c2c(n(-c3cccc(NC4CC4)c3)c1C)CCCC2=O. The number of aromatic nitrogens is 1. The number of rotatable bonds is 3. The van der Waals surface area contributed by atoms with Crippen LogP contribution in [0.3, 0.4) is 0 Å².